The van der Waals surface area contributed by atoms with Crippen molar-refractivity contribution in [1.29, 1.82) is 0 Å². The molecule has 12 nitrogen and oxygen atoms in total. The van der Waals surface area contributed by atoms with Gasteiger partial charge in [-0.25, -0.2) is 44.0 Å². The van der Waals surface area contributed by atoms with E-state index in [1.54, 1.807) is 40.0 Å². The lowest BCUT2D eigenvalue weighted by Gasteiger charge is -2.31. The third kappa shape index (κ3) is 8.74. The minimum absolute atomic E-state index is 0.00436. The molecular formula is C45H47F2N5O7S2. The van der Waals surface area contributed by atoms with E-state index in [1.807, 2.05) is 38.1 Å². The van der Waals surface area contributed by atoms with E-state index in [1.165, 1.54) is 48.3 Å². The number of aryl methyl sites for hydroxylation is 2. The molecule has 320 valence electrons. The summed E-state index contributed by atoms with van der Waals surface area (Å²) in [6, 6.07) is 20.2. The van der Waals surface area contributed by atoms with E-state index in [0.717, 1.165) is 44.3 Å². The number of rotatable bonds is 6. The van der Waals surface area contributed by atoms with Crippen LogP contribution in [0.5, 0.6) is 11.5 Å². The number of carbonyl (C=O) groups is 1. The summed E-state index contributed by atoms with van der Waals surface area (Å²) in [6.45, 7) is 9.08. The molecule has 3 heterocycles. The number of hydrogen-bond donors (Lipinski definition) is 1. The summed E-state index contributed by atoms with van der Waals surface area (Å²) in [7, 11) is -5.44. The normalized spacial score (nSPS) is 18.9. The number of sulfonamides is 1. The SMILES string of the molecule is COC(=O)[C@@H](C)Cc1cccc(C2(C)CCCC(C)(C)NS(=O)(=O)/C=C/c3c(c(F)cc4c3ccn4S(=O)(=O)c3ccc(C)cc3)Oc3ccc(F)c(c3)-c3nc2nn3C)c1. The fraction of sp³-hybridized carbons (Fsp3) is 0.311. The third-order valence-electron chi connectivity index (χ3n) is 11.2. The van der Waals surface area contributed by atoms with Crippen LogP contribution in [0.4, 0.5) is 8.78 Å². The van der Waals surface area contributed by atoms with Gasteiger partial charge in [-0.05, 0) is 101 Å². The Hall–Kier alpha value is -5.71. The Morgan fingerprint density at radius 1 is 1.00 bits per heavy atom. The van der Waals surface area contributed by atoms with E-state index in [9.17, 15) is 21.6 Å². The van der Waals surface area contributed by atoms with Gasteiger partial charge in [-0.3, -0.25) is 4.79 Å². The summed E-state index contributed by atoms with van der Waals surface area (Å²) >= 11 is 0. The van der Waals surface area contributed by atoms with E-state index >= 15 is 8.78 Å². The summed E-state index contributed by atoms with van der Waals surface area (Å²) in [4.78, 5) is 17.2. The molecule has 2 aromatic heterocycles. The van der Waals surface area contributed by atoms with Crippen LogP contribution in [0.15, 0.2) is 95.4 Å². The van der Waals surface area contributed by atoms with Crippen molar-refractivity contribution in [3.05, 3.63) is 130 Å². The molecular weight excluding hydrogens is 825 g/mol. The van der Waals surface area contributed by atoms with E-state index in [-0.39, 0.29) is 44.5 Å². The molecule has 1 aliphatic heterocycles. The molecule has 61 heavy (non-hydrogen) atoms. The lowest BCUT2D eigenvalue weighted by molar-refractivity contribution is -0.144. The van der Waals surface area contributed by atoms with Crippen LogP contribution in [0.1, 0.15) is 75.0 Å². The second-order valence-electron chi connectivity index (χ2n) is 16.4. The standard InChI is InChI=1S/C45H47F2N5O7S2/c1-28-12-15-33(16-13-28)61(56,57)52-22-18-34-35-19-23-60(54,55)50-44(3,4)20-9-21-45(5,31-11-8-10-30(25-31)24-29(2)42(53)58-7)43-48-41(51(6)49-43)36-26-32(14-17-37(36)46)59-40(35)38(47)27-39(34)52/h8,10-19,22-23,25-27,29,50H,9,20-21,24H2,1-7H3/b23-19+/t29-,45?/m0/s1. The maximum atomic E-state index is 16.5. The van der Waals surface area contributed by atoms with Crippen LogP contribution in [0.2, 0.25) is 0 Å². The van der Waals surface area contributed by atoms with Gasteiger partial charge in [0.1, 0.15) is 11.6 Å². The molecule has 1 aliphatic rings. The maximum Gasteiger partial charge on any atom is 0.308 e. The number of halogens is 2. The lowest BCUT2D eigenvalue weighted by atomic mass is 9.75. The third-order valence-corrected chi connectivity index (χ3v) is 14.2. The largest absolute Gasteiger partial charge is 0.469 e. The molecule has 2 atom stereocenters. The summed E-state index contributed by atoms with van der Waals surface area (Å²) in [5.41, 5.74) is 0.590. The molecule has 0 saturated carbocycles. The molecule has 6 aromatic rings. The maximum absolute atomic E-state index is 16.5. The van der Waals surface area contributed by atoms with Gasteiger partial charge >= 0.3 is 5.97 Å². The predicted octanol–water partition coefficient (Wildman–Crippen LogP) is 8.56. The summed E-state index contributed by atoms with van der Waals surface area (Å²) < 4.78 is 104. The molecule has 16 heteroatoms. The monoisotopic (exact) mass is 871 g/mol. The highest BCUT2D eigenvalue weighted by molar-refractivity contribution is 7.92. The van der Waals surface area contributed by atoms with E-state index in [4.69, 9.17) is 19.6 Å². The Bertz CT molecular complexity index is 2920. The minimum Gasteiger partial charge on any atom is -0.469 e. The number of ether oxygens (including phenoxy) is 2. The van der Waals surface area contributed by atoms with Crippen LogP contribution in [0, 0.1) is 24.5 Å². The van der Waals surface area contributed by atoms with Crippen molar-refractivity contribution in [3.63, 3.8) is 0 Å². The molecule has 0 saturated heterocycles. The van der Waals surface area contributed by atoms with E-state index in [2.05, 4.69) is 4.72 Å². The topological polar surface area (TPSA) is 151 Å². The highest BCUT2D eigenvalue weighted by atomic mass is 32.2. The molecule has 0 fully saturated rings. The number of esters is 1. The first-order chi connectivity index (χ1) is 28.7. The number of methoxy groups -OCH3 is 1. The van der Waals surface area contributed by atoms with Gasteiger partial charge in [-0.1, -0.05) is 55.3 Å². The van der Waals surface area contributed by atoms with Crippen LogP contribution >= 0.6 is 0 Å². The summed E-state index contributed by atoms with van der Waals surface area (Å²) in [5, 5.41) is 5.88. The Labute approximate surface area is 354 Å². The van der Waals surface area contributed by atoms with Gasteiger partial charge in [-0.15, -0.1) is 0 Å². The predicted molar refractivity (Wildman–Crippen MR) is 229 cm³/mol. The number of carbonyl (C=O) groups excluding carboxylic acids is 1. The number of hydrogen-bond acceptors (Lipinski definition) is 9. The molecule has 4 bridgehead atoms. The van der Waals surface area contributed by atoms with Crippen molar-refractivity contribution in [1.82, 2.24) is 23.5 Å². The Kier molecular flexibility index (Phi) is 11.6. The minimum atomic E-state index is -4.22. The van der Waals surface area contributed by atoms with E-state index < -0.39 is 54.3 Å². The first-order valence-corrected chi connectivity index (χ1v) is 22.6. The highest BCUT2D eigenvalue weighted by Crippen LogP contribution is 2.41. The lowest BCUT2D eigenvalue weighted by Crippen LogP contribution is -2.42. The average molecular weight is 872 g/mol. The zero-order valence-corrected chi connectivity index (χ0v) is 36.5. The van der Waals surface area contributed by atoms with Crippen molar-refractivity contribution >= 4 is 43.0 Å². The quantitative estimate of drug-likeness (QED) is 0.162. The number of aromatic nitrogens is 4. The smallest absolute Gasteiger partial charge is 0.308 e. The van der Waals surface area contributed by atoms with Gasteiger partial charge in [0.2, 0.25) is 10.0 Å². The van der Waals surface area contributed by atoms with Gasteiger partial charge in [0.05, 0.1) is 34.4 Å². The number of nitrogens with zero attached hydrogens (tertiary/aromatic N) is 4. The fourth-order valence-electron chi connectivity index (χ4n) is 7.82. The van der Waals surface area contributed by atoms with Crippen molar-refractivity contribution in [2.75, 3.05) is 7.11 Å². The van der Waals surface area contributed by atoms with Crippen molar-refractivity contribution in [2.24, 2.45) is 13.0 Å². The molecule has 0 radical (unpaired) electrons. The molecule has 0 aliphatic carbocycles. The zero-order chi connectivity index (χ0) is 44.1. The Morgan fingerprint density at radius 2 is 1.74 bits per heavy atom. The second-order valence-corrected chi connectivity index (χ2v) is 19.8. The number of fused-ring (bicyclic) bond motifs is 8. The number of nitrogens with one attached hydrogen (secondary N) is 1. The van der Waals surface area contributed by atoms with Crippen LogP contribution in [-0.4, -0.2) is 54.2 Å². The molecule has 0 spiro atoms. The molecule has 7 rings (SSSR count). The van der Waals surface area contributed by atoms with Gasteiger partial charge in [0.25, 0.3) is 10.0 Å². The van der Waals surface area contributed by atoms with Gasteiger partial charge in [0.15, 0.2) is 23.2 Å². The molecule has 4 aromatic carbocycles. The van der Waals surface area contributed by atoms with E-state index in [0.29, 0.717) is 31.5 Å². The van der Waals surface area contributed by atoms with Crippen LogP contribution in [0.25, 0.3) is 28.4 Å². The molecule has 0 amide bonds. The first-order valence-electron chi connectivity index (χ1n) is 19.7. The second kappa shape index (κ2) is 16.3. The van der Waals surface area contributed by atoms with Crippen LogP contribution in [0.3, 0.4) is 0 Å². The average Bonchev–Trinajstić information content (AvgIpc) is 3.81. The summed E-state index contributed by atoms with van der Waals surface area (Å²) in [5.74, 6) is -2.28. The van der Waals surface area contributed by atoms with Gasteiger partial charge in [0, 0.05) is 41.2 Å². The van der Waals surface area contributed by atoms with Crippen molar-refractivity contribution < 1.29 is 39.9 Å². The van der Waals surface area contributed by atoms with Crippen molar-refractivity contribution in [3.8, 4) is 22.9 Å². The Balaban J connectivity index is 1.38. The summed E-state index contributed by atoms with van der Waals surface area (Å²) in [6.07, 6.45) is 4.15. The van der Waals surface area contributed by atoms with Crippen molar-refractivity contribution in [2.45, 2.75) is 76.2 Å². The van der Waals surface area contributed by atoms with Crippen LogP contribution in [-0.2, 0) is 48.5 Å². The molecule has 1 unspecified atom stereocenters. The van der Waals surface area contributed by atoms with Gasteiger partial charge in [-0.2, -0.15) is 5.10 Å². The van der Waals surface area contributed by atoms with Crippen LogP contribution < -0.4 is 9.46 Å². The fourth-order valence-corrected chi connectivity index (χ4v) is 10.4. The zero-order valence-electron chi connectivity index (χ0n) is 34.9. The highest BCUT2D eigenvalue weighted by Gasteiger charge is 2.36. The number of benzene rings is 4. The first kappa shape index (κ1) is 43.4. The molecule has 1 N–H and O–H groups in total. The Morgan fingerprint density at radius 3 is 2.46 bits per heavy atom. The van der Waals surface area contributed by atoms with Gasteiger partial charge < -0.3 is 9.47 Å².